The van der Waals surface area contributed by atoms with Gasteiger partial charge >= 0.3 is 0 Å². The molecule has 0 spiro atoms. The number of hydrogen-bond acceptors (Lipinski definition) is 9. The molecule has 5 aromatic rings. The molecule has 0 radical (unpaired) electrons. The second-order valence-corrected chi connectivity index (χ2v) is 17.3. The zero-order valence-electron chi connectivity index (χ0n) is 32.2. The van der Waals surface area contributed by atoms with E-state index in [-0.39, 0.29) is 46.9 Å². The molecule has 3 fully saturated rings. The molecule has 11 nitrogen and oxygen atoms in total. The number of ether oxygens (including phenoxy) is 2. The monoisotopic (exact) mass is 954 g/mol. The fraction of sp³-hybridized carbons (Fsp3) is 0.217. The van der Waals surface area contributed by atoms with E-state index in [1.165, 1.54) is 18.1 Å². The van der Waals surface area contributed by atoms with Crippen molar-refractivity contribution in [2.24, 2.45) is 23.7 Å². The number of nitrogens with one attached hydrogen (secondary N) is 2. The van der Waals surface area contributed by atoms with Gasteiger partial charge in [-0.1, -0.05) is 65.2 Å². The lowest BCUT2D eigenvalue weighted by Gasteiger charge is -2.50. The summed E-state index contributed by atoms with van der Waals surface area (Å²) >= 11 is 14.8. The van der Waals surface area contributed by atoms with Crippen molar-refractivity contribution >= 4 is 92.2 Å². The number of phenols is 1. The Hall–Kier alpha value is -5.57. The Balaban J connectivity index is 1.18. The Bertz CT molecular complexity index is 2610. The minimum absolute atomic E-state index is 0.0753. The third-order valence-electron chi connectivity index (χ3n) is 12.4. The molecule has 304 valence electrons. The summed E-state index contributed by atoms with van der Waals surface area (Å²) in [7, 11) is 2.99. The Labute approximate surface area is 369 Å². The zero-order valence-corrected chi connectivity index (χ0v) is 35.9. The van der Waals surface area contributed by atoms with Crippen molar-refractivity contribution in [2.45, 2.75) is 24.2 Å². The first-order chi connectivity index (χ1) is 29.0. The molecule has 5 aromatic carbocycles. The number of halogens is 3. The molecule has 6 atom stereocenters. The van der Waals surface area contributed by atoms with Crippen LogP contribution in [0, 0.1) is 27.2 Å². The molecule has 9 rings (SSSR count). The third-order valence-corrected chi connectivity index (χ3v) is 13.7. The van der Waals surface area contributed by atoms with Crippen LogP contribution in [0.15, 0.2) is 121 Å². The maximum Gasteiger partial charge on any atom is 0.260 e. The van der Waals surface area contributed by atoms with Gasteiger partial charge in [0.15, 0.2) is 11.5 Å². The van der Waals surface area contributed by atoms with Crippen LogP contribution in [0.5, 0.6) is 17.2 Å². The van der Waals surface area contributed by atoms with Gasteiger partial charge in [0, 0.05) is 22.3 Å². The number of imide groups is 2. The molecule has 60 heavy (non-hydrogen) atoms. The van der Waals surface area contributed by atoms with E-state index in [4.69, 9.17) is 32.7 Å². The minimum atomic E-state index is -1.58. The SMILES string of the molecule is COc1ccc(C23C(=O)N(Nc4ccc(Cl)cc4Cl)C(=O)C2CC2C(=CCC4C(=O)N(c5ccc(Nc6ccccc6)cc5)C(=O)C42)C3c2cc(I)c(O)c(OC)c2)cc1. The molecule has 4 amide bonds. The number of allylic oxidation sites excluding steroid dienone is 2. The number of carbonyl (C=O) groups excluding carboxylic acids is 4. The Morgan fingerprint density at radius 2 is 1.52 bits per heavy atom. The summed E-state index contributed by atoms with van der Waals surface area (Å²) in [5.74, 6) is -5.09. The van der Waals surface area contributed by atoms with Crippen LogP contribution >= 0.6 is 45.8 Å². The quantitative estimate of drug-likeness (QED) is 0.0751. The van der Waals surface area contributed by atoms with Crippen LogP contribution in [0.25, 0.3) is 0 Å². The lowest BCUT2D eigenvalue weighted by atomic mass is 9.49. The predicted octanol–water partition coefficient (Wildman–Crippen LogP) is 9.25. The first kappa shape index (κ1) is 39.9. The van der Waals surface area contributed by atoms with E-state index in [2.05, 4.69) is 10.7 Å². The smallest absolute Gasteiger partial charge is 0.260 e. The molecule has 0 bridgehead atoms. The first-order valence-corrected chi connectivity index (χ1v) is 21.1. The number of hydrazine groups is 1. The highest BCUT2D eigenvalue weighted by Gasteiger charge is 2.70. The van der Waals surface area contributed by atoms with Gasteiger partial charge in [-0.25, -0.2) is 0 Å². The molecule has 1 saturated carbocycles. The number of methoxy groups -OCH3 is 2. The lowest BCUT2D eigenvalue weighted by Crippen LogP contribution is -2.53. The van der Waals surface area contributed by atoms with Crippen molar-refractivity contribution in [1.82, 2.24) is 5.01 Å². The highest BCUT2D eigenvalue weighted by molar-refractivity contribution is 14.1. The van der Waals surface area contributed by atoms with Crippen molar-refractivity contribution < 1.29 is 33.8 Å². The average Bonchev–Trinajstić information content (AvgIpc) is 3.63. The second-order valence-electron chi connectivity index (χ2n) is 15.3. The van der Waals surface area contributed by atoms with Crippen LogP contribution in [0.1, 0.15) is 29.9 Å². The zero-order chi connectivity index (χ0) is 42.0. The maximum absolute atomic E-state index is 15.6. The Morgan fingerprint density at radius 1 is 0.800 bits per heavy atom. The number of phenolic OH excluding ortho intramolecular Hbond substituents is 1. The van der Waals surface area contributed by atoms with Crippen molar-refractivity contribution in [3.05, 3.63) is 146 Å². The number of aromatic hydroxyl groups is 1. The van der Waals surface area contributed by atoms with E-state index in [0.29, 0.717) is 31.2 Å². The first-order valence-electron chi connectivity index (χ1n) is 19.3. The topological polar surface area (TPSA) is 138 Å². The predicted molar refractivity (Wildman–Crippen MR) is 237 cm³/mol. The molecule has 2 aliphatic heterocycles. The molecule has 2 aliphatic carbocycles. The average molecular weight is 956 g/mol. The summed E-state index contributed by atoms with van der Waals surface area (Å²) in [6, 6.07) is 32.1. The second kappa shape index (κ2) is 15.5. The van der Waals surface area contributed by atoms with E-state index >= 15 is 9.59 Å². The van der Waals surface area contributed by atoms with Gasteiger partial charge in [-0.3, -0.25) is 29.5 Å². The van der Waals surface area contributed by atoms with Crippen LogP contribution in [0.4, 0.5) is 22.7 Å². The van der Waals surface area contributed by atoms with E-state index in [1.807, 2.05) is 71.1 Å². The standard InChI is InChI=1S/C46H37Cl2IN4O7/c1-59-30-15-8-25(9-16-30)46-34(43(56)53(45(46)58)51-37-19-10-26(47)22-35(37)48)23-33-31(40(46)24-20-36(49)41(54)38(21-24)60-2)17-18-32-39(33)44(57)52(42(32)55)29-13-11-28(12-14-29)50-27-6-4-3-5-7-27/h3-17,19-22,32-34,39-40,50-51,54H,18,23H2,1-2H3. The van der Waals surface area contributed by atoms with Gasteiger partial charge in [-0.2, -0.15) is 5.01 Å². The molecule has 2 saturated heterocycles. The highest BCUT2D eigenvalue weighted by Crippen LogP contribution is 2.65. The molecular formula is C46H37Cl2IN4O7. The fourth-order valence-corrected chi connectivity index (χ4v) is 10.8. The number of amides is 4. The molecule has 6 unspecified atom stereocenters. The number of nitrogens with zero attached hydrogens (tertiary/aromatic N) is 2. The summed E-state index contributed by atoms with van der Waals surface area (Å²) < 4.78 is 11.6. The van der Waals surface area contributed by atoms with Crippen molar-refractivity contribution in [3.63, 3.8) is 0 Å². The largest absolute Gasteiger partial charge is 0.504 e. The number of benzene rings is 5. The van der Waals surface area contributed by atoms with E-state index in [9.17, 15) is 14.7 Å². The van der Waals surface area contributed by atoms with Gasteiger partial charge in [0.25, 0.3) is 11.8 Å². The third kappa shape index (κ3) is 6.29. The van der Waals surface area contributed by atoms with Crippen LogP contribution in [0.2, 0.25) is 10.0 Å². The number of anilines is 4. The van der Waals surface area contributed by atoms with Gasteiger partial charge in [0.2, 0.25) is 11.8 Å². The van der Waals surface area contributed by atoms with Gasteiger partial charge in [0.1, 0.15) is 5.75 Å². The van der Waals surface area contributed by atoms with Gasteiger partial charge < -0.3 is 19.9 Å². The molecule has 0 aromatic heterocycles. The molecular weight excluding hydrogens is 918 g/mol. The van der Waals surface area contributed by atoms with E-state index in [1.54, 1.807) is 67.8 Å². The summed E-state index contributed by atoms with van der Waals surface area (Å²) in [6.07, 6.45) is 2.31. The van der Waals surface area contributed by atoms with E-state index in [0.717, 1.165) is 22.0 Å². The van der Waals surface area contributed by atoms with Gasteiger partial charge in [0.05, 0.1) is 57.4 Å². The van der Waals surface area contributed by atoms with Gasteiger partial charge in [-0.15, -0.1) is 0 Å². The molecule has 4 aliphatic rings. The van der Waals surface area contributed by atoms with Crippen LogP contribution < -0.4 is 25.1 Å². The Kier molecular flexibility index (Phi) is 10.3. The van der Waals surface area contributed by atoms with Crippen molar-refractivity contribution in [1.29, 1.82) is 0 Å². The number of carbonyl (C=O) groups is 4. The highest BCUT2D eigenvalue weighted by atomic mass is 127. The summed E-state index contributed by atoms with van der Waals surface area (Å²) in [5.41, 5.74) is 5.74. The fourth-order valence-electron chi connectivity index (χ4n) is 9.77. The van der Waals surface area contributed by atoms with Crippen molar-refractivity contribution in [3.8, 4) is 17.2 Å². The van der Waals surface area contributed by atoms with Crippen molar-refractivity contribution in [2.75, 3.05) is 29.9 Å². The molecule has 3 N–H and O–H groups in total. The normalized spacial score (nSPS) is 24.4. The molecule has 2 heterocycles. The summed E-state index contributed by atoms with van der Waals surface area (Å²) in [4.78, 5) is 61.2. The van der Waals surface area contributed by atoms with Crippen LogP contribution in [0.3, 0.4) is 0 Å². The Morgan fingerprint density at radius 3 is 2.20 bits per heavy atom. The number of fused-ring (bicyclic) bond motifs is 4. The maximum atomic E-state index is 15.6. The van der Waals surface area contributed by atoms with Crippen LogP contribution in [-0.2, 0) is 24.6 Å². The number of para-hydroxylation sites is 1. The lowest BCUT2D eigenvalue weighted by molar-refractivity contribution is -0.138. The van der Waals surface area contributed by atoms with Gasteiger partial charge in [-0.05, 0) is 131 Å². The van der Waals surface area contributed by atoms with E-state index < -0.39 is 46.8 Å². The summed E-state index contributed by atoms with van der Waals surface area (Å²) in [6.45, 7) is 0. The number of rotatable bonds is 9. The minimum Gasteiger partial charge on any atom is -0.504 e. The summed E-state index contributed by atoms with van der Waals surface area (Å²) in [5, 5.41) is 16.0. The van der Waals surface area contributed by atoms with Crippen LogP contribution in [-0.4, -0.2) is 48.0 Å². The molecule has 14 heteroatoms. The number of hydrogen-bond donors (Lipinski definition) is 3.